The standard InChI is InChI=1S/C10H10N2O3/c11-10(14)6-1-2-7-8(5-6)15-9(13)3-4-12-7/h1-2,5,12H,3-4H2,(H2,11,14). The van der Waals surface area contributed by atoms with E-state index in [1.165, 1.54) is 6.07 Å². The van der Waals surface area contributed by atoms with Crippen LogP contribution in [-0.4, -0.2) is 18.4 Å². The number of anilines is 1. The highest BCUT2D eigenvalue weighted by molar-refractivity contribution is 5.94. The van der Waals surface area contributed by atoms with Crippen molar-refractivity contribution in [3.63, 3.8) is 0 Å². The van der Waals surface area contributed by atoms with Gasteiger partial charge in [0.25, 0.3) is 0 Å². The first-order chi connectivity index (χ1) is 7.16. The van der Waals surface area contributed by atoms with Crippen molar-refractivity contribution in [2.75, 3.05) is 11.9 Å². The number of fused-ring (bicyclic) bond motifs is 1. The Balaban J connectivity index is 2.41. The normalized spacial score (nSPS) is 14.5. The highest BCUT2D eigenvalue weighted by Crippen LogP contribution is 2.27. The van der Waals surface area contributed by atoms with E-state index < -0.39 is 5.91 Å². The molecule has 5 nitrogen and oxygen atoms in total. The second-order valence-electron chi connectivity index (χ2n) is 3.23. The van der Waals surface area contributed by atoms with Crippen LogP contribution in [0.5, 0.6) is 5.75 Å². The van der Waals surface area contributed by atoms with Crippen molar-refractivity contribution in [2.45, 2.75) is 6.42 Å². The van der Waals surface area contributed by atoms with Gasteiger partial charge in [-0.25, -0.2) is 0 Å². The molecule has 0 aliphatic carbocycles. The molecule has 0 spiro atoms. The van der Waals surface area contributed by atoms with Crippen LogP contribution in [0.3, 0.4) is 0 Å². The number of nitrogens with one attached hydrogen (secondary N) is 1. The summed E-state index contributed by atoms with van der Waals surface area (Å²) in [5, 5.41) is 3.02. The van der Waals surface area contributed by atoms with E-state index in [0.29, 0.717) is 30.0 Å². The molecule has 1 aromatic rings. The van der Waals surface area contributed by atoms with Gasteiger partial charge in [0.15, 0.2) is 5.75 Å². The number of primary amides is 1. The molecule has 1 aliphatic rings. The van der Waals surface area contributed by atoms with Crippen molar-refractivity contribution < 1.29 is 14.3 Å². The Bertz CT molecular complexity index is 429. The molecule has 0 unspecified atom stereocenters. The van der Waals surface area contributed by atoms with Crippen LogP contribution in [0.4, 0.5) is 5.69 Å². The number of esters is 1. The van der Waals surface area contributed by atoms with Crippen LogP contribution < -0.4 is 15.8 Å². The zero-order valence-electron chi connectivity index (χ0n) is 7.95. The number of amides is 1. The van der Waals surface area contributed by atoms with E-state index in [4.69, 9.17) is 10.5 Å². The highest BCUT2D eigenvalue weighted by atomic mass is 16.5. The monoisotopic (exact) mass is 206 g/mol. The molecule has 3 N–H and O–H groups in total. The number of hydrogen-bond acceptors (Lipinski definition) is 4. The molecule has 15 heavy (non-hydrogen) atoms. The Morgan fingerprint density at radius 2 is 2.27 bits per heavy atom. The third-order valence-corrected chi connectivity index (χ3v) is 2.13. The maximum Gasteiger partial charge on any atom is 0.313 e. The van der Waals surface area contributed by atoms with Gasteiger partial charge < -0.3 is 15.8 Å². The maximum atomic E-state index is 11.1. The number of ether oxygens (including phenoxy) is 1. The average Bonchev–Trinajstić information content (AvgIpc) is 2.37. The predicted molar refractivity (Wildman–Crippen MR) is 53.7 cm³/mol. The van der Waals surface area contributed by atoms with Gasteiger partial charge in [0.1, 0.15) is 0 Å². The van der Waals surface area contributed by atoms with Crippen LogP contribution >= 0.6 is 0 Å². The van der Waals surface area contributed by atoms with E-state index in [1.807, 2.05) is 0 Å². The second kappa shape index (κ2) is 3.61. The van der Waals surface area contributed by atoms with Gasteiger partial charge in [0.2, 0.25) is 5.91 Å². The van der Waals surface area contributed by atoms with E-state index in [9.17, 15) is 9.59 Å². The molecular weight excluding hydrogens is 196 g/mol. The maximum absolute atomic E-state index is 11.1. The van der Waals surface area contributed by atoms with Crippen molar-refractivity contribution in [3.05, 3.63) is 23.8 Å². The highest BCUT2D eigenvalue weighted by Gasteiger charge is 2.15. The molecule has 0 saturated carbocycles. The number of carbonyl (C=O) groups is 2. The minimum Gasteiger partial charge on any atom is -0.424 e. The molecule has 0 fully saturated rings. The van der Waals surface area contributed by atoms with Gasteiger partial charge in [0, 0.05) is 12.1 Å². The molecule has 0 aromatic heterocycles. The fourth-order valence-corrected chi connectivity index (χ4v) is 1.38. The number of nitrogens with two attached hydrogens (primary N) is 1. The fraction of sp³-hybridized carbons (Fsp3) is 0.200. The van der Waals surface area contributed by atoms with Crippen molar-refractivity contribution in [1.29, 1.82) is 0 Å². The predicted octanol–water partition coefficient (Wildman–Crippen LogP) is 0.506. The third-order valence-electron chi connectivity index (χ3n) is 2.13. The van der Waals surface area contributed by atoms with Crippen LogP contribution in [0.25, 0.3) is 0 Å². The molecule has 1 heterocycles. The number of hydrogen-bond donors (Lipinski definition) is 2. The first-order valence-corrected chi connectivity index (χ1v) is 4.55. The summed E-state index contributed by atoms with van der Waals surface area (Å²) in [4.78, 5) is 22.1. The molecule has 0 atom stereocenters. The van der Waals surface area contributed by atoms with E-state index in [0.717, 1.165) is 0 Å². The summed E-state index contributed by atoms with van der Waals surface area (Å²) in [6.45, 7) is 0.530. The van der Waals surface area contributed by atoms with Crippen molar-refractivity contribution >= 4 is 17.6 Å². The van der Waals surface area contributed by atoms with Gasteiger partial charge in [-0.3, -0.25) is 9.59 Å². The van der Waals surface area contributed by atoms with Crippen molar-refractivity contribution in [3.8, 4) is 5.75 Å². The summed E-state index contributed by atoms with van der Waals surface area (Å²) in [5.41, 5.74) is 6.14. The quantitative estimate of drug-likeness (QED) is 0.518. The molecule has 2 rings (SSSR count). The summed E-state index contributed by atoms with van der Waals surface area (Å²) in [7, 11) is 0. The van der Waals surface area contributed by atoms with E-state index in [2.05, 4.69) is 5.32 Å². The van der Waals surface area contributed by atoms with Gasteiger partial charge in [-0.1, -0.05) is 0 Å². The van der Waals surface area contributed by atoms with Gasteiger partial charge in [-0.15, -0.1) is 0 Å². The van der Waals surface area contributed by atoms with Crippen molar-refractivity contribution in [1.82, 2.24) is 0 Å². The average molecular weight is 206 g/mol. The van der Waals surface area contributed by atoms with E-state index >= 15 is 0 Å². The molecule has 1 aliphatic heterocycles. The summed E-state index contributed by atoms with van der Waals surface area (Å²) < 4.78 is 5.04. The molecule has 1 aromatic carbocycles. The number of benzene rings is 1. The summed E-state index contributed by atoms with van der Waals surface area (Å²) in [6.07, 6.45) is 0.306. The van der Waals surface area contributed by atoms with Crippen LogP contribution in [0.1, 0.15) is 16.8 Å². The Labute approximate surface area is 86.2 Å². The summed E-state index contributed by atoms with van der Waals surface area (Å²) >= 11 is 0. The molecule has 5 heteroatoms. The van der Waals surface area contributed by atoms with Crippen LogP contribution in [-0.2, 0) is 4.79 Å². The zero-order chi connectivity index (χ0) is 10.8. The molecular formula is C10H10N2O3. The molecule has 0 saturated heterocycles. The smallest absolute Gasteiger partial charge is 0.313 e. The molecule has 0 bridgehead atoms. The number of carbonyl (C=O) groups excluding carboxylic acids is 2. The molecule has 0 radical (unpaired) electrons. The summed E-state index contributed by atoms with van der Waals surface area (Å²) in [5.74, 6) is -0.505. The van der Waals surface area contributed by atoms with Gasteiger partial charge in [0.05, 0.1) is 12.1 Å². The largest absolute Gasteiger partial charge is 0.424 e. The minimum absolute atomic E-state index is 0.306. The Kier molecular flexibility index (Phi) is 2.29. The first kappa shape index (κ1) is 9.51. The Morgan fingerprint density at radius 3 is 3.00 bits per heavy atom. The lowest BCUT2D eigenvalue weighted by Crippen LogP contribution is -2.11. The van der Waals surface area contributed by atoms with Crippen LogP contribution in [0, 0.1) is 0 Å². The lowest BCUT2D eigenvalue weighted by Gasteiger charge is -2.07. The van der Waals surface area contributed by atoms with Crippen LogP contribution in [0.2, 0.25) is 0 Å². The minimum atomic E-state index is -0.543. The zero-order valence-corrected chi connectivity index (χ0v) is 7.95. The van der Waals surface area contributed by atoms with Gasteiger partial charge in [-0.05, 0) is 18.2 Å². The van der Waals surface area contributed by atoms with E-state index in [-0.39, 0.29) is 5.97 Å². The van der Waals surface area contributed by atoms with Crippen molar-refractivity contribution in [2.24, 2.45) is 5.73 Å². The van der Waals surface area contributed by atoms with Crippen LogP contribution in [0.15, 0.2) is 18.2 Å². The molecule has 78 valence electrons. The lowest BCUT2D eigenvalue weighted by atomic mass is 10.2. The van der Waals surface area contributed by atoms with Gasteiger partial charge in [-0.2, -0.15) is 0 Å². The van der Waals surface area contributed by atoms with E-state index in [1.54, 1.807) is 12.1 Å². The Morgan fingerprint density at radius 1 is 1.47 bits per heavy atom. The fourth-order valence-electron chi connectivity index (χ4n) is 1.38. The topological polar surface area (TPSA) is 81.4 Å². The Hall–Kier alpha value is -2.04. The van der Waals surface area contributed by atoms with Gasteiger partial charge >= 0.3 is 5.97 Å². The first-order valence-electron chi connectivity index (χ1n) is 4.55. The third kappa shape index (κ3) is 1.90. The summed E-state index contributed by atoms with van der Waals surface area (Å²) in [6, 6.07) is 4.73. The lowest BCUT2D eigenvalue weighted by molar-refractivity contribution is -0.133. The number of rotatable bonds is 1. The SMILES string of the molecule is NC(=O)c1ccc2c(c1)OC(=O)CCN2. The molecule has 1 amide bonds. The second-order valence-corrected chi connectivity index (χ2v) is 3.23.